The Morgan fingerprint density at radius 1 is 0.609 bits per heavy atom. The summed E-state index contributed by atoms with van der Waals surface area (Å²) in [6.45, 7) is 4.28. The molecule has 0 unspecified atom stereocenters. The van der Waals surface area contributed by atoms with E-state index in [-0.39, 0.29) is 11.5 Å². The maximum atomic E-state index is 9.11. The highest BCUT2D eigenvalue weighted by Crippen LogP contribution is 2.23. The van der Waals surface area contributed by atoms with Gasteiger partial charge in [-0.2, -0.15) is 0 Å². The van der Waals surface area contributed by atoms with Crippen molar-refractivity contribution in [1.29, 1.82) is 0 Å². The van der Waals surface area contributed by atoms with Crippen LogP contribution in [0.3, 0.4) is 0 Å². The molecule has 0 aromatic heterocycles. The van der Waals surface area contributed by atoms with Gasteiger partial charge in [-0.25, -0.2) is 0 Å². The quantitative estimate of drug-likeness (QED) is 0.672. The molecule has 0 heterocycles. The van der Waals surface area contributed by atoms with E-state index in [4.69, 9.17) is 10.2 Å². The summed E-state index contributed by atoms with van der Waals surface area (Å²) >= 11 is 0. The molecular formula is C21H22O2. The molecule has 2 N–H and O–H groups in total. The highest BCUT2D eigenvalue weighted by atomic mass is 16.3. The van der Waals surface area contributed by atoms with Crippen LogP contribution in [0.2, 0.25) is 0 Å². The Kier molecular flexibility index (Phi) is 5.81. The van der Waals surface area contributed by atoms with Crippen LogP contribution >= 0.6 is 0 Å². The van der Waals surface area contributed by atoms with E-state index in [1.807, 2.05) is 24.3 Å². The predicted octanol–water partition coefficient (Wildman–Crippen LogP) is 5.32. The first-order valence-corrected chi connectivity index (χ1v) is 7.72. The molecular weight excluding hydrogens is 284 g/mol. The Bertz CT molecular complexity index is 668. The summed E-state index contributed by atoms with van der Waals surface area (Å²) in [6.07, 6.45) is 1.14. The molecule has 0 radical (unpaired) electrons. The van der Waals surface area contributed by atoms with Gasteiger partial charge in [-0.3, -0.25) is 0 Å². The van der Waals surface area contributed by atoms with Gasteiger partial charge in [0.2, 0.25) is 0 Å². The van der Waals surface area contributed by atoms with Crippen molar-refractivity contribution in [2.75, 3.05) is 0 Å². The van der Waals surface area contributed by atoms with Crippen molar-refractivity contribution >= 4 is 0 Å². The lowest BCUT2D eigenvalue weighted by atomic mass is 10.1. The summed E-state index contributed by atoms with van der Waals surface area (Å²) < 4.78 is 0. The zero-order valence-corrected chi connectivity index (χ0v) is 13.5. The summed E-state index contributed by atoms with van der Waals surface area (Å²) in [7, 11) is 0. The molecule has 0 spiro atoms. The third-order valence-electron chi connectivity index (χ3n) is 3.60. The molecule has 0 saturated carbocycles. The summed E-state index contributed by atoms with van der Waals surface area (Å²) in [5.74, 6) is 0.514. The van der Waals surface area contributed by atoms with Gasteiger partial charge in [0.05, 0.1) is 0 Å². The molecule has 118 valence electrons. The van der Waals surface area contributed by atoms with Crippen molar-refractivity contribution in [1.82, 2.24) is 0 Å². The number of hydrogen-bond donors (Lipinski definition) is 2. The molecule has 0 aliphatic heterocycles. The highest BCUT2D eigenvalue weighted by Gasteiger charge is 1.97. The first-order valence-electron chi connectivity index (χ1n) is 7.72. The van der Waals surface area contributed by atoms with Gasteiger partial charge in [-0.1, -0.05) is 61.0 Å². The molecule has 23 heavy (non-hydrogen) atoms. The SMILES string of the molecule is CCc1ccc(C)cc1.Oc1ccc(-c2ccc(O)cc2)cc1. The molecule has 2 nitrogen and oxygen atoms in total. The van der Waals surface area contributed by atoms with E-state index in [1.165, 1.54) is 11.1 Å². The van der Waals surface area contributed by atoms with Crippen molar-refractivity contribution < 1.29 is 10.2 Å². The Morgan fingerprint density at radius 2 is 1.00 bits per heavy atom. The second-order valence-corrected chi connectivity index (χ2v) is 5.43. The van der Waals surface area contributed by atoms with Gasteiger partial charge in [-0.15, -0.1) is 0 Å². The van der Waals surface area contributed by atoms with Crippen molar-refractivity contribution in [3.63, 3.8) is 0 Å². The normalized spacial score (nSPS) is 9.83. The minimum atomic E-state index is 0.257. The van der Waals surface area contributed by atoms with Gasteiger partial charge >= 0.3 is 0 Å². The van der Waals surface area contributed by atoms with E-state index >= 15 is 0 Å². The molecule has 0 aliphatic carbocycles. The minimum Gasteiger partial charge on any atom is -0.508 e. The highest BCUT2D eigenvalue weighted by molar-refractivity contribution is 5.64. The maximum absolute atomic E-state index is 9.11. The molecule has 0 atom stereocenters. The van der Waals surface area contributed by atoms with Crippen LogP contribution in [0, 0.1) is 6.92 Å². The Hall–Kier alpha value is -2.74. The predicted molar refractivity (Wildman–Crippen MR) is 95.8 cm³/mol. The van der Waals surface area contributed by atoms with Gasteiger partial charge in [0.15, 0.2) is 0 Å². The van der Waals surface area contributed by atoms with Gasteiger partial charge in [0.25, 0.3) is 0 Å². The van der Waals surface area contributed by atoms with E-state index in [9.17, 15) is 0 Å². The van der Waals surface area contributed by atoms with Crippen LogP contribution in [0.1, 0.15) is 18.1 Å². The van der Waals surface area contributed by atoms with Crippen LogP contribution in [0.15, 0.2) is 72.8 Å². The number of rotatable bonds is 2. The number of aromatic hydroxyl groups is 2. The molecule has 0 aliphatic rings. The van der Waals surface area contributed by atoms with E-state index in [1.54, 1.807) is 24.3 Å². The van der Waals surface area contributed by atoms with Crippen LogP contribution < -0.4 is 0 Å². The largest absolute Gasteiger partial charge is 0.508 e. The summed E-state index contributed by atoms with van der Waals surface area (Å²) in [4.78, 5) is 0. The average molecular weight is 306 g/mol. The first-order chi connectivity index (χ1) is 11.1. The van der Waals surface area contributed by atoms with E-state index < -0.39 is 0 Å². The lowest BCUT2D eigenvalue weighted by Gasteiger charge is -2.01. The molecule has 0 fully saturated rings. The molecule has 3 aromatic rings. The molecule has 0 bridgehead atoms. The average Bonchev–Trinajstić information content (AvgIpc) is 2.58. The van der Waals surface area contributed by atoms with Crippen LogP contribution in [0.25, 0.3) is 11.1 Å². The fourth-order valence-electron chi connectivity index (χ4n) is 2.13. The molecule has 3 aromatic carbocycles. The van der Waals surface area contributed by atoms with Crippen molar-refractivity contribution in [2.45, 2.75) is 20.3 Å². The van der Waals surface area contributed by atoms with Crippen LogP contribution in [-0.2, 0) is 6.42 Å². The number of phenolic OH excluding ortho intramolecular Hbond substituents is 2. The smallest absolute Gasteiger partial charge is 0.115 e. The third-order valence-corrected chi connectivity index (χ3v) is 3.60. The monoisotopic (exact) mass is 306 g/mol. The van der Waals surface area contributed by atoms with Gasteiger partial charge < -0.3 is 10.2 Å². The second kappa shape index (κ2) is 8.04. The molecule has 3 rings (SSSR count). The van der Waals surface area contributed by atoms with Crippen molar-refractivity contribution in [2.24, 2.45) is 0 Å². The minimum absolute atomic E-state index is 0.257. The standard InChI is InChI=1S/C12H10O2.C9H12/c13-11-5-1-9(2-6-11)10-3-7-12(14)8-4-10;1-3-9-6-4-8(2)5-7-9/h1-8,13-14H;4-7H,3H2,1-2H3. The summed E-state index contributed by atoms with van der Waals surface area (Å²) in [5, 5.41) is 18.2. The molecule has 0 saturated heterocycles. The topological polar surface area (TPSA) is 40.5 Å². The summed E-state index contributed by atoms with van der Waals surface area (Å²) in [6, 6.07) is 22.6. The van der Waals surface area contributed by atoms with Crippen LogP contribution in [-0.4, -0.2) is 10.2 Å². The first kappa shape index (κ1) is 16.6. The van der Waals surface area contributed by atoms with Gasteiger partial charge in [-0.05, 0) is 54.3 Å². The Labute approximate surface area is 137 Å². The number of hydrogen-bond acceptors (Lipinski definition) is 2. The zero-order chi connectivity index (χ0) is 16.7. The van der Waals surface area contributed by atoms with Crippen LogP contribution in [0.5, 0.6) is 11.5 Å². The number of benzene rings is 3. The molecule has 0 amide bonds. The lowest BCUT2D eigenvalue weighted by molar-refractivity contribution is 0.474. The number of aryl methyl sites for hydroxylation is 2. The second-order valence-electron chi connectivity index (χ2n) is 5.43. The maximum Gasteiger partial charge on any atom is 0.115 e. The third kappa shape index (κ3) is 5.19. The number of phenols is 2. The fourth-order valence-corrected chi connectivity index (χ4v) is 2.13. The zero-order valence-electron chi connectivity index (χ0n) is 13.5. The van der Waals surface area contributed by atoms with Crippen molar-refractivity contribution in [3.8, 4) is 22.6 Å². The van der Waals surface area contributed by atoms with Gasteiger partial charge in [0.1, 0.15) is 11.5 Å². The Morgan fingerprint density at radius 3 is 1.35 bits per heavy atom. The molecule has 2 heteroatoms. The van der Waals surface area contributed by atoms with Crippen molar-refractivity contribution in [3.05, 3.63) is 83.9 Å². The fraction of sp³-hybridized carbons (Fsp3) is 0.143. The van der Waals surface area contributed by atoms with Crippen LogP contribution in [0.4, 0.5) is 0 Å². The lowest BCUT2D eigenvalue weighted by Crippen LogP contribution is -1.77. The van der Waals surface area contributed by atoms with E-state index in [2.05, 4.69) is 38.1 Å². The van der Waals surface area contributed by atoms with Gasteiger partial charge in [0, 0.05) is 0 Å². The van der Waals surface area contributed by atoms with E-state index in [0.717, 1.165) is 17.5 Å². The Balaban J connectivity index is 0.000000185. The summed E-state index contributed by atoms with van der Waals surface area (Å²) in [5.41, 5.74) is 4.79. The van der Waals surface area contributed by atoms with E-state index in [0.29, 0.717) is 0 Å².